The Morgan fingerprint density at radius 2 is 1.94 bits per heavy atom. The molecule has 1 nitrogen and oxygen atoms in total. The largest absolute Gasteiger partial charge is 0.496 e. The second-order valence-corrected chi connectivity index (χ2v) is 4.73. The number of ether oxygens (including phenoxy) is 1. The highest BCUT2D eigenvalue weighted by molar-refractivity contribution is 7.84. The molecular weight excluding hydrogens is 216 g/mol. The number of hydrogen-bond donors (Lipinski definition) is 1. The minimum atomic E-state index is 0.954. The van der Waals surface area contributed by atoms with E-state index >= 15 is 0 Å². The third-order valence-electron chi connectivity index (χ3n) is 2.84. The highest BCUT2D eigenvalue weighted by Crippen LogP contribution is 2.32. The maximum absolute atomic E-state index is 5.39. The van der Waals surface area contributed by atoms with Crippen LogP contribution < -0.4 is 4.74 Å². The Morgan fingerprint density at radius 3 is 2.38 bits per heavy atom. The van der Waals surface area contributed by atoms with Crippen molar-refractivity contribution in [1.29, 1.82) is 0 Å². The number of allylic oxidation sites excluding steroid dienone is 2. The average molecular weight is 236 g/mol. The van der Waals surface area contributed by atoms with E-state index in [-0.39, 0.29) is 0 Å². The van der Waals surface area contributed by atoms with Gasteiger partial charge in [-0.05, 0) is 60.4 Å². The fourth-order valence-corrected chi connectivity index (χ4v) is 2.27. The van der Waals surface area contributed by atoms with Gasteiger partial charge in [0.2, 0.25) is 0 Å². The lowest BCUT2D eigenvalue weighted by atomic mass is 9.95. The molecule has 1 aromatic carbocycles. The standard InChI is InChI=1S/C14H20OS/c1-6-12(11(4)16)13-7-9(2)8-14(15-5)10(13)3/h7-8,16H,6H2,1-5H3/b12-11-. The van der Waals surface area contributed by atoms with E-state index in [1.807, 2.05) is 6.92 Å². The van der Waals surface area contributed by atoms with E-state index < -0.39 is 0 Å². The van der Waals surface area contributed by atoms with Crippen molar-refractivity contribution in [2.75, 3.05) is 7.11 Å². The summed E-state index contributed by atoms with van der Waals surface area (Å²) in [6.45, 7) is 8.38. The number of hydrogen-bond acceptors (Lipinski definition) is 2. The molecule has 0 atom stereocenters. The molecule has 1 aromatic rings. The molecular formula is C14H20OS. The van der Waals surface area contributed by atoms with Crippen molar-refractivity contribution in [3.8, 4) is 5.75 Å². The zero-order valence-corrected chi connectivity index (χ0v) is 11.6. The molecule has 0 unspecified atom stereocenters. The van der Waals surface area contributed by atoms with Crippen molar-refractivity contribution in [3.63, 3.8) is 0 Å². The molecule has 16 heavy (non-hydrogen) atoms. The van der Waals surface area contributed by atoms with Gasteiger partial charge in [-0.25, -0.2) is 0 Å². The summed E-state index contributed by atoms with van der Waals surface area (Å²) in [4.78, 5) is 1.08. The van der Waals surface area contributed by atoms with E-state index in [0.29, 0.717) is 0 Å². The molecule has 0 bridgehead atoms. The molecule has 2 heteroatoms. The van der Waals surface area contributed by atoms with Crippen LogP contribution in [0.3, 0.4) is 0 Å². The van der Waals surface area contributed by atoms with Crippen LogP contribution in [-0.4, -0.2) is 7.11 Å². The highest BCUT2D eigenvalue weighted by Gasteiger charge is 2.10. The summed E-state index contributed by atoms with van der Waals surface area (Å²) < 4.78 is 5.39. The predicted octanol–water partition coefficient (Wildman–Crippen LogP) is 4.38. The zero-order chi connectivity index (χ0) is 12.3. The Morgan fingerprint density at radius 1 is 1.31 bits per heavy atom. The van der Waals surface area contributed by atoms with E-state index in [4.69, 9.17) is 4.74 Å². The van der Waals surface area contributed by atoms with Gasteiger partial charge in [-0.1, -0.05) is 13.0 Å². The lowest BCUT2D eigenvalue weighted by Gasteiger charge is -2.15. The Kier molecular flexibility index (Phi) is 4.48. The number of methoxy groups -OCH3 is 1. The molecule has 88 valence electrons. The van der Waals surface area contributed by atoms with Crippen LogP contribution in [0, 0.1) is 13.8 Å². The molecule has 0 radical (unpaired) electrons. The number of thiol groups is 1. The van der Waals surface area contributed by atoms with Crippen molar-refractivity contribution >= 4 is 18.2 Å². The van der Waals surface area contributed by atoms with Crippen molar-refractivity contribution in [1.82, 2.24) is 0 Å². The number of aryl methyl sites for hydroxylation is 1. The maximum Gasteiger partial charge on any atom is 0.122 e. The van der Waals surface area contributed by atoms with E-state index in [1.54, 1.807) is 7.11 Å². The van der Waals surface area contributed by atoms with E-state index in [1.165, 1.54) is 22.3 Å². The summed E-state index contributed by atoms with van der Waals surface area (Å²) in [7, 11) is 1.72. The molecule has 0 spiro atoms. The molecule has 0 saturated heterocycles. The average Bonchev–Trinajstić information content (AvgIpc) is 2.23. The quantitative estimate of drug-likeness (QED) is 0.766. The van der Waals surface area contributed by atoms with Gasteiger partial charge in [0.15, 0.2) is 0 Å². The minimum Gasteiger partial charge on any atom is -0.496 e. The van der Waals surface area contributed by atoms with E-state index in [0.717, 1.165) is 17.1 Å². The first-order chi connectivity index (χ1) is 7.51. The Bertz CT molecular complexity index is 415. The lowest BCUT2D eigenvalue weighted by Crippen LogP contribution is -1.95. The molecule has 0 amide bonds. The van der Waals surface area contributed by atoms with Crippen molar-refractivity contribution in [2.24, 2.45) is 0 Å². The van der Waals surface area contributed by atoms with Crippen molar-refractivity contribution in [2.45, 2.75) is 34.1 Å². The van der Waals surface area contributed by atoms with Gasteiger partial charge in [0, 0.05) is 0 Å². The van der Waals surface area contributed by atoms with Crippen LogP contribution in [-0.2, 0) is 0 Å². The van der Waals surface area contributed by atoms with Gasteiger partial charge in [-0.15, -0.1) is 12.6 Å². The first-order valence-corrected chi connectivity index (χ1v) is 6.00. The predicted molar refractivity (Wildman–Crippen MR) is 74.3 cm³/mol. The molecule has 0 aliphatic carbocycles. The molecule has 0 aliphatic rings. The highest BCUT2D eigenvalue weighted by atomic mass is 32.1. The summed E-state index contributed by atoms with van der Waals surface area (Å²) in [5.41, 5.74) is 4.96. The fraction of sp³-hybridized carbons (Fsp3) is 0.429. The van der Waals surface area contributed by atoms with Crippen LogP contribution in [0.2, 0.25) is 0 Å². The van der Waals surface area contributed by atoms with Crippen LogP contribution in [0.5, 0.6) is 5.75 Å². The first kappa shape index (κ1) is 13.2. The smallest absolute Gasteiger partial charge is 0.122 e. The Hall–Kier alpha value is -0.890. The monoisotopic (exact) mass is 236 g/mol. The van der Waals surface area contributed by atoms with Crippen LogP contribution in [0.4, 0.5) is 0 Å². The van der Waals surface area contributed by atoms with Crippen LogP contribution in [0.1, 0.15) is 37.0 Å². The zero-order valence-electron chi connectivity index (χ0n) is 10.7. The second-order valence-electron chi connectivity index (χ2n) is 4.06. The Labute approximate surface area is 104 Å². The third kappa shape index (κ3) is 2.62. The van der Waals surface area contributed by atoms with Gasteiger partial charge in [-0.3, -0.25) is 0 Å². The van der Waals surface area contributed by atoms with E-state index in [9.17, 15) is 0 Å². The Balaban J connectivity index is 3.44. The van der Waals surface area contributed by atoms with E-state index in [2.05, 4.69) is 45.5 Å². The lowest BCUT2D eigenvalue weighted by molar-refractivity contribution is 0.411. The number of benzene rings is 1. The van der Waals surface area contributed by atoms with Crippen LogP contribution in [0.15, 0.2) is 17.0 Å². The third-order valence-corrected chi connectivity index (χ3v) is 3.11. The molecule has 0 aliphatic heterocycles. The topological polar surface area (TPSA) is 9.23 Å². The molecule has 0 fully saturated rings. The van der Waals surface area contributed by atoms with Gasteiger partial charge in [0.1, 0.15) is 5.75 Å². The van der Waals surface area contributed by atoms with Gasteiger partial charge in [0.05, 0.1) is 7.11 Å². The van der Waals surface area contributed by atoms with Gasteiger partial charge >= 0.3 is 0 Å². The maximum atomic E-state index is 5.39. The summed E-state index contributed by atoms with van der Waals surface area (Å²) in [5.74, 6) is 0.954. The molecule has 0 heterocycles. The summed E-state index contributed by atoms with van der Waals surface area (Å²) in [5, 5.41) is 0. The summed E-state index contributed by atoms with van der Waals surface area (Å²) in [6.07, 6.45) is 0.989. The van der Waals surface area contributed by atoms with Crippen molar-refractivity contribution < 1.29 is 4.74 Å². The first-order valence-electron chi connectivity index (χ1n) is 5.55. The van der Waals surface area contributed by atoms with Gasteiger partial charge in [0.25, 0.3) is 0 Å². The number of rotatable bonds is 3. The minimum absolute atomic E-state index is 0.954. The van der Waals surface area contributed by atoms with Gasteiger partial charge in [-0.2, -0.15) is 0 Å². The summed E-state index contributed by atoms with van der Waals surface area (Å²) in [6, 6.07) is 4.27. The van der Waals surface area contributed by atoms with Gasteiger partial charge < -0.3 is 4.74 Å². The second kappa shape index (κ2) is 5.44. The molecule has 1 rings (SSSR count). The van der Waals surface area contributed by atoms with Crippen LogP contribution in [0.25, 0.3) is 5.57 Å². The molecule has 0 N–H and O–H groups in total. The normalized spacial score (nSPS) is 12.4. The fourth-order valence-electron chi connectivity index (χ4n) is 1.99. The summed E-state index contributed by atoms with van der Waals surface area (Å²) >= 11 is 4.47. The molecule has 0 aromatic heterocycles. The SMILES string of the molecule is CC/C(=C(\C)S)c1cc(C)cc(OC)c1C. The van der Waals surface area contributed by atoms with Crippen LogP contribution >= 0.6 is 12.6 Å². The molecule has 0 saturated carbocycles. The van der Waals surface area contributed by atoms with Crippen molar-refractivity contribution in [3.05, 3.63) is 33.7 Å².